The smallest absolute Gasteiger partial charge is 0.133 e. The summed E-state index contributed by atoms with van der Waals surface area (Å²) in [6.07, 6.45) is 0. The second-order valence-electron chi connectivity index (χ2n) is 4.45. The summed E-state index contributed by atoms with van der Waals surface area (Å²) in [5.74, 6) is -0.171. The molecule has 0 aromatic heterocycles. The third-order valence-corrected chi connectivity index (χ3v) is 4.23. The van der Waals surface area contributed by atoms with Crippen LogP contribution >= 0.6 is 34.8 Å². The molecule has 1 N–H and O–H groups in total. The summed E-state index contributed by atoms with van der Waals surface area (Å²) < 4.78 is 13.3. The van der Waals surface area contributed by atoms with Gasteiger partial charge in [0, 0.05) is 5.56 Å². The molecule has 0 saturated carbocycles. The largest absolute Gasteiger partial charge is 0.320 e. The number of hydrogen-bond acceptors (Lipinski definition) is 1. The molecule has 1 aliphatic rings. The Balaban J connectivity index is 2.07. The first-order chi connectivity index (χ1) is 9.47. The fourth-order valence-electron chi connectivity index (χ4n) is 2.23. The number of fused-ring (bicyclic) bond motifs is 1. The number of anilines is 1. The molecule has 2 nitrogen and oxygen atoms in total. The van der Waals surface area contributed by atoms with Crippen LogP contribution in [0.4, 0.5) is 10.1 Å². The van der Waals surface area contributed by atoms with Crippen LogP contribution in [0.3, 0.4) is 0 Å². The van der Waals surface area contributed by atoms with Crippen molar-refractivity contribution in [1.29, 1.82) is 5.41 Å². The van der Waals surface area contributed by atoms with Gasteiger partial charge in [-0.15, -0.1) is 0 Å². The van der Waals surface area contributed by atoms with Crippen molar-refractivity contribution >= 4 is 46.3 Å². The van der Waals surface area contributed by atoms with Gasteiger partial charge in [-0.25, -0.2) is 4.39 Å². The predicted molar refractivity (Wildman–Crippen MR) is 80.9 cm³/mol. The summed E-state index contributed by atoms with van der Waals surface area (Å²) in [6, 6.07) is 7.56. The molecule has 2 aromatic rings. The van der Waals surface area contributed by atoms with Crippen LogP contribution in [0.5, 0.6) is 0 Å². The molecule has 20 heavy (non-hydrogen) atoms. The molecule has 0 atom stereocenters. The quantitative estimate of drug-likeness (QED) is 0.721. The van der Waals surface area contributed by atoms with Gasteiger partial charge in [0.2, 0.25) is 0 Å². The first-order valence-electron chi connectivity index (χ1n) is 5.77. The fourth-order valence-corrected chi connectivity index (χ4v) is 2.87. The number of nitrogens with one attached hydrogen (secondary N) is 1. The van der Waals surface area contributed by atoms with Gasteiger partial charge in [0.25, 0.3) is 0 Å². The Hall–Kier alpha value is -1.29. The van der Waals surface area contributed by atoms with Crippen molar-refractivity contribution in [1.82, 2.24) is 0 Å². The maximum absolute atomic E-state index is 13.3. The average molecular weight is 330 g/mol. The minimum atomic E-state index is -0.365. The van der Waals surface area contributed by atoms with Crippen molar-refractivity contribution in [2.24, 2.45) is 0 Å². The normalized spacial score (nSPS) is 13.8. The van der Waals surface area contributed by atoms with Crippen molar-refractivity contribution in [2.75, 3.05) is 4.90 Å². The Morgan fingerprint density at radius 2 is 1.70 bits per heavy atom. The zero-order valence-electron chi connectivity index (χ0n) is 10.1. The van der Waals surface area contributed by atoms with Crippen LogP contribution in [-0.4, -0.2) is 5.84 Å². The molecule has 2 aromatic carbocycles. The van der Waals surface area contributed by atoms with Gasteiger partial charge in [-0.05, 0) is 29.8 Å². The van der Waals surface area contributed by atoms with Gasteiger partial charge in [0.05, 0.1) is 27.3 Å². The molecule has 3 rings (SSSR count). The maximum Gasteiger partial charge on any atom is 0.133 e. The summed E-state index contributed by atoms with van der Waals surface area (Å²) in [4.78, 5) is 1.68. The zero-order valence-corrected chi connectivity index (χ0v) is 12.3. The Morgan fingerprint density at radius 3 is 2.45 bits per heavy atom. The summed E-state index contributed by atoms with van der Waals surface area (Å²) in [7, 11) is 0. The summed E-state index contributed by atoms with van der Waals surface area (Å²) in [6.45, 7) is 0.451. The molecule has 0 bridgehead atoms. The SMILES string of the molecule is N=C1c2cc(F)ccc2CN1c1cc(Cl)c(Cl)cc1Cl. The summed E-state index contributed by atoms with van der Waals surface area (Å²) in [5.41, 5.74) is 2.02. The summed E-state index contributed by atoms with van der Waals surface area (Å²) >= 11 is 18.1. The lowest BCUT2D eigenvalue weighted by atomic mass is 10.1. The molecule has 0 aliphatic carbocycles. The highest BCUT2D eigenvalue weighted by molar-refractivity contribution is 6.44. The van der Waals surface area contributed by atoms with Crippen molar-refractivity contribution in [3.05, 3.63) is 62.3 Å². The van der Waals surface area contributed by atoms with Crippen LogP contribution in [-0.2, 0) is 6.54 Å². The van der Waals surface area contributed by atoms with E-state index in [1.165, 1.54) is 18.2 Å². The topological polar surface area (TPSA) is 27.1 Å². The molecule has 0 radical (unpaired) electrons. The van der Waals surface area contributed by atoms with Gasteiger partial charge < -0.3 is 4.90 Å². The van der Waals surface area contributed by atoms with Crippen LogP contribution in [0, 0.1) is 11.2 Å². The van der Waals surface area contributed by atoms with Gasteiger partial charge in [-0.2, -0.15) is 0 Å². The Morgan fingerprint density at radius 1 is 1.00 bits per heavy atom. The van der Waals surface area contributed by atoms with Gasteiger partial charge in [0.15, 0.2) is 0 Å². The summed E-state index contributed by atoms with van der Waals surface area (Å²) in [5, 5.41) is 9.29. The molecule has 0 amide bonds. The van der Waals surface area contributed by atoms with E-state index in [4.69, 9.17) is 40.2 Å². The maximum atomic E-state index is 13.3. The number of benzene rings is 2. The first kappa shape index (κ1) is 13.7. The van der Waals surface area contributed by atoms with E-state index in [9.17, 15) is 4.39 Å². The molecule has 0 fully saturated rings. The van der Waals surface area contributed by atoms with E-state index < -0.39 is 0 Å². The standard InChI is InChI=1S/C14H8Cl3FN2/c15-10-4-12(17)13(5-11(10)16)20-6-7-1-2-8(18)3-9(7)14(20)19/h1-5,19H,6H2. The number of amidine groups is 1. The van der Waals surface area contributed by atoms with Crippen LogP contribution in [0.2, 0.25) is 15.1 Å². The number of hydrogen-bond donors (Lipinski definition) is 1. The van der Waals surface area contributed by atoms with Gasteiger partial charge in [0.1, 0.15) is 11.7 Å². The molecule has 0 saturated heterocycles. The van der Waals surface area contributed by atoms with E-state index in [0.717, 1.165) is 5.56 Å². The minimum absolute atomic E-state index is 0.194. The lowest BCUT2D eigenvalue weighted by Crippen LogP contribution is -2.23. The zero-order chi connectivity index (χ0) is 14.4. The van der Waals surface area contributed by atoms with Crippen LogP contribution < -0.4 is 4.90 Å². The van der Waals surface area contributed by atoms with E-state index in [0.29, 0.717) is 32.9 Å². The molecule has 0 spiro atoms. The second-order valence-corrected chi connectivity index (χ2v) is 5.68. The third-order valence-electron chi connectivity index (χ3n) is 3.21. The lowest BCUT2D eigenvalue weighted by Gasteiger charge is -2.20. The first-order valence-corrected chi connectivity index (χ1v) is 6.90. The van der Waals surface area contributed by atoms with E-state index in [1.807, 2.05) is 0 Å². The molecule has 6 heteroatoms. The van der Waals surface area contributed by atoms with Crippen LogP contribution in [0.15, 0.2) is 30.3 Å². The highest BCUT2D eigenvalue weighted by Crippen LogP contribution is 2.38. The van der Waals surface area contributed by atoms with Crippen molar-refractivity contribution < 1.29 is 4.39 Å². The second kappa shape index (κ2) is 4.92. The highest BCUT2D eigenvalue weighted by atomic mass is 35.5. The van der Waals surface area contributed by atoms with Gasteiger partial charge >= 0.3 is 0 Å². The fraction of sp³-hybridized carbons (Fsp3) is 0.0714. The van der Waals surface area contributed by atoms with E-state index in [2.05, 4.69) is 0 Å². The molecule has 1 aliphatic heterocycles. The minimum Gasteiger partial charge on any atom is -0.320 e. The van der Waals surface area contributed by atoms with Crippen molar-refractivity contribution in [3.63, 3.8) is 0 Å². The Kier molecular flexibility index (Phi) is 3.36. The Bertz CT molecular complexity index is 731. The van der Waals surface area contributed by atoms with Crippen LogP contribution in [0.1, 0.15) is 11.1 Å². The van der Waals surface area contributed by atoms with Gasteiger partial charge in [-0.1, -0.05) is 40.9 Å². The molecule has 102 valence electrons. The average Bonchev–Trinajstić information content (AvgIpc) is 2.71. The number of halogens is 4. The predicted octanol–water partition coefficient (Wildman–Crippen LogP) is 5.13. The molecule has 1 heterocycles. The van der Waals surface area contributed by atoms with Crippen LogP contribution in [0.25, 0.3) is 0 Å². The number of nitrogens with zero attached hydrogens (tertiary/aromatic N) is 1. The molecule has 0 unspecified atom stereocenters. The lowest BCUT2D eigenvalue weighted by molar-refractivity contribution is 0.627. The number of rotatable bonds is 1. The van der Waals surface area contributed by atoms with E-state index in [1.54, 1.807) is 17.0 Å². The Labute approximate surface area is 130 Å². The third kappa shape index (κ3) is 2.16. The van der Waals surface area contributed by atoms with Crippen molar-refractivity contribution in [2.45, 2.75) is 6.54 Å². The monoisotopic (exact) mass is 328 g/mol. The van der Waals surface area contributed by atoms with Crippen molar-refractivity contribution in [3.8, 4) is 0 Å². The van der Waals surface area contributed by atoms with E-state index >= 15 is 0 Å². The van der Waals surface area contributed by atoms with E-state index in [-0.39, 0.29) is 11.7 Å². The molecular weight excluding hydrogens is 322 g/mol. The highest BCUT2D eigenvalue weighted by Gasteiger charge is 2.27. The molecular formula is C14H8Cl3FN2. The van der Waals surface area contributed by atoms with Gasteiger partial charge in [-0.3, -0.25) is 5.41 Å².